The first-order valence-corrected chi connectivity index (χ1v) is 5.48. The van der Waals surface area contributed by atoms with Crippen LogP contribution in [0, 0.1) is 0 Å². The van der Waals surface area contributed by atoms with Crippen LogP contribution in [0.4, 0.5) is 4.39 Å². The van der Waals surface area contributed by atoms with Gasteiger partial charge in [0.05, 0.1) is 4.83 Å². The van der Waals surface area contributed by atoms with E-state index in [4.69, 9.17) is 11.6 Å². The zero-order valence-electron chi connectivity index (χ0n) is 7.97. The van der Waals surface area contributed by atoms with Crippen molar-refractivity contribution in [3.63, 3.8) is 0 Å². The number of Topliss-reactive ketones (excluding diaryl/α,β-unsaturated/α-hetero) is 1. The van der Waals surface area contributed by atoms with E-state index in [1.165, 1.54) is 13.0 Å². The highest BCUT2D eigenvalue weighted by Gasteiger charge is 2.16. The van der Waals surface area contributed by atoms with Crippen molar-refractivity contribution in [3.8, 4) is 5.75 Å². The zero-order valence-corrected chi connectivity index (χ0v) is 10.3. The van der Waals surface area contributed by atoms with Crippen LogP contribution < -0.4 is 4.74 Å². The van der Waals surface area contributed by atoms with Crippen molar-refractivity contribution in [3.05, 3.63) is 28.8 Å². The second kappa shape index (κ2) is 5.47. The Morgan fingerprint density at radius 2 is 2.33 bits per heavy atom. The summed E-state index contributed by atoms with van der Waals surface area (Å²) < 4.78 is 16.5. The summed E-state index contributed by atoms with van der Waals surface area (Å²) in [6.45, 7) is 0.557. The van der Waals surface area contributed by atoms with Crippen molar-refractivity contribution in [2.75, 3.05) is 6.86 Å². The van der Waals surface area contributed by atoms with Crippen LogP contribution in [0.15, 0.2) is 18.2 Å². The molecular weight excluding hydrogens is 286 g/mol. The Balaban J connectivity index is 2.97. The van der Waals surface area contributed by atoms with Crippen LogP contribution in [0.2, 0.25) is 5.02 Å². The smallest absolute Gasteiger partial charge is 0.228 e. The third-order valence-corrected chi connectivity index (χ3v) is 3.29. The largest absolute Gasteiger partial charge is 0.463 e. The van der Waals surface area contributed by atoms with Crippen molar-refractivity contribution in [2.45, 2.75) is 11.8 Å². The molecule has 0 aliphatic rings. The van der Waals surface area contributed by atoms with Crippen molar-refractivity contribution in [1.29, 1.82) is 0 Å². The molecule has 1 atom stereocenters. The summed E-state index contributed by atoms with van der Waals surface area (Å²) in [6.07, 6.45) is 0. The quantitative estimate of drug-likeness (QED) is 0.792. The first-order chi connectivity index (χ1) is 7.06. The predicted molar refractivity (Wildman–Crippen MR) is 60.4 cm³/mol. The van der Waals surface area contributed by atoms with Gasteiger partial charge in [0.1, 0.15) is 11.5 Å². The van der Waals surface area contributed by atoms with E-state index in [-0.39, 0.29) is 5.78 Å². The molecule has 0 saturated heterocycles. The minimum atomic E-state index is -0.903. The van der Waals surface area contributed by atoms with Gasteiger partial charge in [-0.25, -0.2) is 4.39 Å². The van der Waals surface area contributed by atoms with E-state index in [2.05, 4.69) is 20.7 Å². The van der Waals surface area contributed by atoms with Crippen LogP contribution >= 0.6 is 27.5 Å². The maximum atomic E-state index is 11.9. The molecule has 2 nitrogen and oxygen atoms in total. The van der Waals surface area contributed by atoms with Gasteiger partial charge >= 0.3 is 0 Å². The molecule has 0 spiro atoms. The van der Waals surface area contributed by atoms with Gasteiger partial charge in [0, 0.05) is 5.02 Å². The molecule has 0 radical (unpaired) electrons. The molecule has 0 amide bonds. The molecular formula is C10H9BrClFO2. The summed E-state index contributed by atoms with van der Waals surface area (Å²) in [5.41, 5.74) is 0.648. The fourth-order valence-electron chi connectivity index (χ4n) is 1.09. The van der Waals surface area contributed by atoms with Gasteiger partial charge in [0.15, 0.2) is 0 Å². The number of halogens is 3. The lowest BCUT2D eigenvalue weighted by Crippen LogP contribution is -2.02. The molecule has 0 aliphatic carbocycles. The van der Waals surface area contributed by atoms with Crippen LogP contribution in [0.1, 0.15) is 17.3 Å². The normalized spacial score (nSPS) is 12.3. The van der Waals surface area contributed by atoms with Gasteiger partial charge in [-0.2, -0.15) is 0 Å². The number of carbonyl (C=O) groups excluding carboxylic acids is 1. The van der Waals surface area contributed by atoms with Crippen LogP contribution in [0.25, 0.3) is 0 Å². The summed E-state index contributed by atoms with van der Waals surface area (Å²) in [5.74, 6) is 0.297. The van der Waals surface area contributed by atoms with Crippen LogP contribution in [0.5, 0.6) is 5.75 Å². The molecule has 1 rings (SSSR count). The Hall–Kier alpha value is -0.610. The Labute approximate surface area is 101 Å². The van der Waals surface area contributed by atoms with E-state index in [0.29, 0.717) is 16.3 Å². The first kappa shape index (κ1) is 12.5. The lowest BCUT2D eigenvalue weighted by Gasteiger charge is -2.10. The summed E-state index contributed by atoms with van der Waals surface area (Å²) in [7, 11) is 0. The highest BCUT2D eigenvalue weighted by molar-refractivity contribution is 9.09. The molecule has 0 N–H and O–H groups in total. The molecule has 82 valence electrons. The second-order valence-corrected chi connectivity index (χ2v) is 4.23. The van der Waals surface area contributed by atoms with E-state index in [1.54, 1.807) is 12.1 Å². The first-order valence-electron chi connectivity index (χ1n) is 4.19. The van der Waals surface area contributed by atoms with Crippen LogP contribution in [-0.2, 0) is 4.79 Å². The maximum Gasteiger partial charge on any atom is 0.228 e. The van der Waals surface area contributed by atoms with Gasteiger partial charge in [-0.1, -0.05) is 33.6 Å². The molecule has 1 aromatic carbocycles. The Bertz CT molecular complexity index is 370. The third-order valence-electron chi connectivity index (χ3n) is 1.82. The molecule has 5 heteroatoms. The number of alkyl halides is 2. The summed E-state index contributed by atoms with van der Waals surface area (Å²) in [6, 6.07) is 4.68. The Morgan fingerprint density at radius 1 is 1.67 bits per heavy atom. The van der Waals surface area contributed by atoms with Crippen LogP contribution in [-0.4, -0.2) is 12.6 Å². The number of hydrogen-bond acceptors (Lipinski definition) is 2. The number of rotatable bonds is 4. The second-order valence-electron chi connectivity index (χ2n) is 2.91. The lowest BCUT2D eigenvalue weighted by atomic mass is 10.1. The number of carbonyl (C=O) groups is 1. The van der Waals surface area contributed by atoms with E-state index in [1.807, 2.05) is 0 Å². The van der Waals surface area contributed by atoms with Crippen molar-refractivity contribution >= 4 is 33.3 Å². The minimum Gasteiger partial charge on any atom is -0.463 e. The Morgan fingerprint density at radius 3 is 2.80 bits per heavy atom. The van der Waals surface area contributed by atoms with Gasteiger partial charge in [-0.05, 0) is 24.6 Å². The van der Waals surface area contributed by atoms with Crippen molar-refractivity contribution < 1.29 is 13.9 Å². The minimum absolute atomic E-state index is 0.0453. The number of ketones is 1. The Kier molecular flexibility index (Phi) is 4.54. The topological polar surface area (TPSA) is 26.3 Å². The molecule has 0 bridgehead atoms. The molecule has 15 heavy (non-hydrogen) atoms. The maximum absolute atomic E-state index is 11.9. The van der Waals surface area contributed by atoms with Gasteiger partial charge in [-0.15, -0.1) is 0 Å². The fourth-order valence-corrected chi connectivity index (χ4v) is 1.90. The number of ether oxygens (including phenoxy) is 1. The van der Waals surface area contributed by atoms with E-state index in [9.17, 15) is 9.18 Å². The fraction of sp³-hybridized carbons (Fsp3) is 0.300. The van der Waals surface area contributed by atoms with Crippen molar-refractivity contribution in [2.24, 2.45) is 0 Å². The van der Waals surface area contributed by atoms with Gasteiger partial charge in [0.25, 0.3) is 0 Å². The van der Waals surface area contributed by atoms with E-state index >= 15 is 0 Å². The van der Waals surface area contributed by atoms with Crippen molar-refractivity contribution in [1.82, 2.24) is 0 Å². The third kappa shape index (κ3) is 3.18. The van der Waals surface area contributed by atoms with Crippen LogP contribution in [0.3, 0.4) is 0 Å². The molecule has 1 unspecified atom stereocenters. The number of benzene rings is 1. The monoisotopic (exact) mass is 294 g/mol. The molecule has 0 aromatic heterocycles. The van der Waals surface area contributed by atoms with Gasteiger partial charge < -0.3 is 4.74 Å². The highest BCUT2D eigenvalue weighted by atomic mass is 79.9. The predicted octanol–water partition coefficient (Wildman–Crippen LogP) is 3.67. The molecule has 1 aromatic rings. The van der Waals surface area contributed by atoms with E-state index in [0.717, 1.165) is 0 Å². The average Bonchev–Trinajstić information content (AvgIpc) is 2.17. The number of hydrogen-bond donors (Lipinski definition) is 0. The molecule has 0 aliphatic heterocycles. The molecule has 0 fully saturated rings. The average molecular weight is 296 g/mol. The summed E-state index contributed by atoms with van der Waals surface area (Å²) >= 11 is 9.14. The molecule has 0 saturated carbocycles. The SMILES string of the molecule is CC(=O)C(Br)c1ccc(OCF)cc1Cl. The van der Waals surface area contributed by atoms with Gasteiger partial charge in [0.2, 0.25) is 6.86 Å². The van der Waals surface area contributed by atoms with Gasteiger partial charge in [-0.3, -0.25) is 4.79 Å². The standard InChI is InChI=1S/C10H9BrClFO2/c1-6(14)10(11)8-3-2-7(15-5-13)4-9(8)12/h2-4,10H,5H2,1H3. The summed E-state index contributed by atoms with van der Waals surface area (Å²) in [4.78, 5) is 10.7. The highest BCUT2D eigenvalue weighted by Crippen LogP contribution is 2.32. The van der Waals surface area contributed by atoms with E-state index < -0.39 is 11.7 Å². The lowest BCUT2D eigenvalue weighted by molar-refractivity contribution is -0.116. The summed E-state index contributed by atoms with van der Waals surface area (Å²) in [5, 5.41) is 0.373. The zero-order chi connectivity index (χ0) is 11.4. The molecule has 0 heterocycles.